The normalized spacial score (nSPS) is 10.9. The Morgan fingerprint density at radius 1 is 1.37 bits per heavy atom. The maximum absolute atomic E-state index is 11.3. The van der Waals surface area contributed by atoms with Gasteiger partial charge in [-0.3, -0.25) is 4.98 Å². The third-order valence-electron chi connectivity index (χ3n) is 2.14. The zero-order valence-corrected chi connectivity index (χ0v) is 12.0. The van der Waals surface area contributed by atoms with Crippen molar-refractivity contribution < 1.29 is 13.2 Å². The molecule has 0 aliphatic carbocycles. The van der Waals surface area contributed by atoms with Crippen LogP contribution in [-0.2, 0) is 10.2 Å². The molecule has 1 aromatic heterocycles. The third kappa shape index (κ3) is 5.70. The second-order valence-electron chi connectivity index (χ2n) is 3.89. The molecule has 0 aromatic carbocycles. The molecule has 0 atom stereocenters. The predicted molar refractivity (Wildman–Crippen MR) is 72.9 cm³/mol. The third-order valence-corrected chi connectivity index (χ3v) is 3.61. The summed E-state index contributed by atoms with van der Waals surface area (Å²) < 4.78 is 31.4. The number of pyridine rings is 1. The number of ether oxygens (including phenoxy) is 1. The highest BCUT2D eigenvalue weighted by Gasteiger charge is 2.10. The number of hydrogen-bond acceptors (Lipinski definition) is 4. The second-order valence-corrected chi connectivity index (χ2v) is 5.86. The van der Waals surface area contributed by atoms with E-state index in [-0.39, 0.29) is 13.2 Å². The van der Waals surface area contributed by atoms with E-state index in [0.29, 0.717) is 5.75 Å². The van der Waals surface area contributed by atoms with Gasteiger partial charge in [0.25, 0.3) is 10.2 Å². The molecular formula is C12H17N3O3S. The van der Waals surface area contributed by atoms with Gasteiger partial charge in [0.1, 0.15) is 12.4 Å². The number of aromatic nitrogens is 1. The molecule has 0 saturated carbocycles. The Hall–Kier alpha value is -1.62. The summed E-state index contributed by atoms with van der Waals surface area (Å²) in [5.74, 6) is 6.01. The summed E-state index contributed by atoms with van der Waals surface area (Å²) in [6.07, 6.45) is 1.62. The molecule has 19 heavy (non-hydrogen) atoms. The van der Waals surface area contributed by atoms with E-state index in [1.54, 1.807) is 12.3 Å². The Bertz CT molecular complexity index is 556. The molecule has 0 aliphatic rings. The zero-order valence-electron chi connectivity index (χ0n) is 11.2. The van der Waals surface area contributed by atoms with Gasteiger partial charge >= 0.3 is 0 Å². The number of nitrogens with zero attached hydrogens (tertiary/aromatic N) is 2. The number of rotatable bonds is 5. The lowest BCUT2D eigenvalue weighted by atomic mass is 10.4. The van der Waals surface area contributed by atoms with Gasteiger partial charge in [-0.2, -0.15) is 17.4 Å². The van der Waals surface area contributed by atoms with Crippen LogP contribution in [0.25, 0.3) is 0 Å². The molecule has 0 amide bonds. The summed E-state index contributed by atoms with van der Waals surface area (Å²) in [7, 11) is -0.517. The first-order valence-electron chi connectivity index (χ1n) is 5.60. The van der Waals surface area contributed by atoms with E-state index in [1.807, 2.05) is 13.0 Å². The van der Waals surface area contributed by atoms with Gasteiger partial charge in [-0.15, -0.1) is 0 Å². The highest BCUT2D eigenvalue weighted by molar-refractivity contribution is 7.87. The van der Waals surface area contributed by atoms with Crippen LogP contribution in [0.5, 0.6) is 5.75 Å². The molecule has 0 fully saturated rings. The standard InChI is InChI=1S/C12H17N3O3S/c1-11-6-7-12(10-13-11)18-9-5-4-8-14-19(16,17)15(2)3/h6-7,10,14H,8-9H2,1-3H3. The quantitative estimate of drug-likeness (QED) is 0.782. The Morgan fingerprint density at radius 2 is 2.11 bits per heavy atom. The van der Waals surface area contributed by atoms with E-state index in [9.17, 15) is 8.42 Å². The summed E-state index contributed by atoms with van der Waals surface area (Å²) in [5.41, 5.74) is 0.913. The van der Waals surface area contributed by atoms with Crippen molar-refractivity contribution in [2.24, 2.45) is 0 Å². The van der Waals surface area contributed by atoms with Crippen molar-refractivity contribution in [1.29, 1.82) is 0 Å². The SMILES string of the molecule is Cc1ccc(OCC#CCNS(=O)(=O)N(C)C)cn1. The topological polar surface area (TPSA) is 71.5 Å². The van der Waals surface area contributed by atoms with Crippen molar-refractivity contribution in [2.75, 3.05) is 27.2 Å². The Morgan fingerprint density at radius 3 is 2.68 bits per heavy atom. The lowest BCUT2D eigenvalue weighted by Crippen LogP contribution is -2.35. The van der Waals surface area contributed by atoms with E-state index < -0.39 is 10.2 Å². The van der Waals surface area contributed by atoms with Crippen LogP contribution in [0.4, 0.5) is 0 Å². The van der Waals surface area contributed by atoms with Gasteiger partial charge in [-0.1, -0.05) is 11.8 Å². The highest BCUT2D eigenvalue weighted by atomic mass is 32.2. The Labute approximate surface area is 114 Å². The van der Waals surface area contributed by atoms with Crippen LogP contribution in [0.1, 0.15) is 5.69 Å². The highest BCUT2D eigenvalue weighted by Crippen LogP contribution is 2.07. The van der Waals surface area contributed by atoms with Crippen LogP contribution in [-0.4, -0.2) is 45.0 Å². The first kappa shape index (κ1) is 15.4. The van der Waals surface area contributed by atoms with Crippen molar-refractivity contribution in [3.63, 3.8) is 0 Å². The molecule has 1 aromatic rings. The molecule has 0 spiro atoms. The van der Waals surface area contributed by atoms with Gasteiger partial charge in [0, 0.05) is 19.8 Å². The van der Waals surface area contributed by atoms with Gasteiger partial charge in [0.2, 0.25) is 0 Å². The van der Waals surface area contributed by atoms with Crippen LogP contribution in [0.2, 0.25) is 0 Å². The molecule has 0 saturated heterocycles. The molecular weight excluding hydrogens is 266 g/mol. The van der Waals surface area contributed by atoms with Crippen LogP contribution >= 0.6 is 0 Å². The van der Waals surface area contributed by atoms with Gasteiger partial charge in [0.15, 0.2) is 0 Å². The van der Waals surface area contributed by atoms with Gasteiger partial charge < -0.3 is 4.74 Å². The van der Waals surface area contributed by atoms with E-state index in [2.05, 4.69) is 21.5 Å². The fourth-order valence-electron chi connectivity index (χ4n) is 1.03. The minimum absolute atomic E-state index is 0.0516. The summed E-state index contributed by atoms with van der Waals surface area (Å²) in [6, 6.07) is 3.65. The van der Waals surface area contributed by atoms with Crippen molar-refractivity contribution in [2.45, 2.75) is 6.92 Å². The number of aryl methyl sites for hydroxylation is 1. The van der Waals surface area contributed by atoms with E-state index in [0.717, 1.165) is 10.00 Å². The molecule has 1 rings (SSSR count). The van der Waals surface area contributed by atoms with E-state index in [1.165, 1.54) is 14.1 Å². The fraction of sp³-hybridized carbons (Fsp3) is 0.417. The zero-order chi connectivity index (χ0) is 14.3. The molecule has 0 unspecified atom stereocenters. The van der Waals surface area contributed by atoms with Crippen LogP contribution < -0.4 is 9.46 Å². The van der Waals surface area contributed by atoms with Gasteiger partial charge in [-0.25, -0.2) is 0 Å². The molecule has 1 N–H and O–H groups in total. The Balaban J connectivity index is 2.31. The largest absolute Gasteiger partial charge is 0.479 e. The fourth-order valence-corrected chi connectivity index (χ4v) is 1.54. The van der Waals surface area contributed by atoms with E-state index >= 15 is 0 Å². The number of nitrogens with one attached hydrogen (secondary N) is 1. The van der Waals surface area contributed by atoms with Crippen molar-refractivity contribution in [1.82, 2.24) is 14.0 Å². The minimum Gasteiger partial charge on any atom is -0.479 e. The minimum atomic E-state index is -3.41. The van der Waals surface area contributed by atoms with Crippen molar-refractivity contribution >= 4 is 10.2 Å². The van der Waals surface area contributed by atoms with Crippen molar-refractivity contribution in [3.8, 4) is 17.6 Å². The average molecular weight is 283 g/mol. The van der Waals surface area contributed by atoms with E-state index in [4.69, 9.17) is 4.74 Å². The first-order chi connectivity index (χ1) is 8.92. The van der Waals surface area contributed by atoms with Gasteiger partial charge in [-0.05, 0) is 19.1 Å². The van der Waals surface area contributed by atoms with Crippen LogP contribution in [0.15, 0.2) is 18.3 Å². The van der Waals surface area contributed by atoms with Crippen LogP contribution in [0, 0.1) is 18.8 Å². The lowest BCUT2D eigenvalue weighted by Gasteiger charge is -2.09. The second kappa shape index (κ2) is 7.09. The molecule has 0 bridgehead atoms. The summed E-state index contributed by atoms with van der Waals surface area (Å²) in [5, 5.41) is 0. The Kier molecular flexibility index (Phi) is 5.76. The summed E-state index contributed by atoms with van der Waals surface area (Å²) in [6.45, 7) is 2.13. The summed E-state index contributed by atoms with van der Waals surface area (Å²) in [4.78, 5) is 4.08. The molecule has 0 aliphatic heterocycles. The lowest BCUT2D eigenvalue weighted by molar-refractivity contribution is 0.368. The molecule has 7 heteroatoms. The number of hydrogen-bond donors (Lipinski definition) is 1. The first-order valence-corrected chi connectivity index (χ1v) is 7.04. The molecule has 6 nitrogen and oxygen atoms in total. The smallest absolute Gasteiger partial charge is 0.279 e. The van der Waals surface area contributed by atoms with Crippen molar-refractivity contribution in [3.05, 3.63) is 24.0 Å². The van der Waals surface area contributed by atoms with Gasteiger partial charge in [0.05, 0.1) is 12.7 Å². The maximum Gasteiger partial charge on any atom is 0.279 e. The van der Waals surface area contributed by atoms with Crippen LogP contribution in [0.3, 0.4) is 0 Å². The predicted octanol–water partition coefficient (Wildman–Crippen LogP) is 0.168. The molecule has 0 radical (unpaired) electrons. The monoisotopic (exact) mass is 283 g/mol. The molecule has 104 valence electrons. The average Bonchev–Trinajstić information content (AvgIpc) is 2.35. The summed E-state index contributed by atoms with van der Waals surface area (Å²) >= 11 is 0. The maximum atomic E-state index is 11.3. The molecule has 1 heterocycles.